The molecule has 3 heterocycles. The molecule has 0 bridgehead atoms. The van der Waals surface area contributed by atoms with Gasteiger partial charge >= 0.3 is 0 Å². The number of amides is 1. The molecule has 3 aromatic rings. The largest absolute Gasteiger partial charge is 0.472 e. The van der Waals surface area contributed by atoms with Gasteiger partial charge in [0.05, 0.1) is 12.6 Å². The van der Waals surface area contributed by atoms with E-state index in [0.29, 0.717) is 30.1 Å². The van der Waals surface area contributed by atoms with Crippen molar-refractivity contribution >= 4 is 5.91 Å². The third kappa shape index (κ3) is 6.28. The lowest BCUT2D eigenvalue weighted by molar-refractivity contribution is 0.0325. The summed E-state index contributed by atoms with van der Waals surface area (Å²) in [6.45, 7) is 5.71. The second-order valence-corrected chi connectivity index (χ2v) is 9.37. The second kappa shape index (κ2) is 11.8. The molecule has 1 aliphatic rings. The summed E-state index contributed by atoms with van der Waals surface area (Å²) in [6.07, 6.45) is 4.82. The molecule has 7 nitrogen and oxygen atoms in total. The van der Waals surface area contributed by atoms with Gasteiger partial charge in [-0.3, -0.25) is 14.7 Å². The van der Waals surface area contributed by atoms with Gasteiger partial charge in [-0.1, -0.05) is 49.1 Å². The monoisotopic (exact) mass is 484 g/mol. The first-order valence-electron chi connectivity index (χ1n) is 12.2. The lowest BCUT2D eigenvalue weighted by Gasteiger charge is -2.37. The molecule has 2 aromatic heterocycles. The zero-order valence-corrected chi connectivity index (χ0v) is 21.0. The first kappa shape index (κ1) is 25.4. The SMILES string of the molecule is C[C@@H]1CN([C@@H](C)CO)C(=O)c2cc(C#Cc3cccnc3)cnc2O[C@@H]1CN(C)Cc1ccccc1. The molecule has 0 fully saturated rings. The third-order valence-electron chi connectivity index (χ3n) is 6.32. The quantitative estimate of drug-likeness (QED) is 0.542. The number of carbonyl (C=O) groups excluding carboxylic acids is 1. The van der Waals surface area contributed by atoms with Crippen molar-refractivity contribution in [3.8, 4) is 17.7 Å². The Morgan fingerprint density at radius 2 is 1.94 bits per heavy atom. The number of aliphatic hydroxyl groups is 1. The summed E-state index contributed by atoms with van der Waals surface area (Å²) >= 11 is 0. The molecule has 1 N–H and O–H groups in total. The fourth-order valence-electron chi connectivity index (χ4n) is 4.24. The average molecular weight is 485 g/mol. The van der Waals surface area contributed by atoms with Gasteiger partial charge in [0.1, 0.15) is 11.7 Å². The highest BCUT2D eigenvalue weighted by Gasteiger charge is 2.34. The van der Waals surface area contributed by atoms with Crippen molar-refractivity contribution < 1.29 is 14.6 Å². The van der Waals surface area contributed by atoms with Crippen LogP contribution in [0.25, 0.3) is 0 Å². The number of nitrogens with zero attached hydrogens (tertiary/aromatic N) is 4. The Hall–Kier alpha value is -3.73. The van der Waals surface area contributed by atoms with E-state index in [1.54, 1.807) is 29.6 Å². The first-order chi connectivity index (χ1) is 17.4. The Bertz CT molecular complexity index is 1220. The van der Waals surface area contributed by atoms with E-state index in [-0.39, 0.29) is 30.6 Å². The van der Waals surface area contributed by atoms with E-state index in [2.05, 4.69) is 52.8 Å². The molecule has 1 aliphatic heterocycles. The number of likely N-dealkylation sites (N-methyl/N-ethyl adjacent to an activating group) is 1. The van der Waals surface area contributed by atoms with Crippen molar-refractivity contribution in [3.63, 3.8) is 0 Å². The van der Waals surface area contributed by atoms with Crippen LogP contribution in [0.15, 0.2) is 67.1 Å². The Balaban J connectivity index is 1.63. The highest BCUT2D eigenvalue weighted by atomic mass is 16.5. The summed E-state index contributed by atoms with van der Waals surface area (Å²) in [7, 11) is 2.06. The van der Waals surface area contributed by atoms with Crippen LogP contribution in [0.2, 0.25) is 0 Å². The topological polar surface area (TPSA) is 78.8 Å². The molecule has 36 heavy (non-hydrogen) atoms. The highest BCUT2D eigenvalue weighted by Crippen LogP contribution is 2.27. The predicted molar refractivity (Wildman–Crippen MR) is 138 cm³/mol. The van der Waals surface area contributed by atoms with Crippen LogP contribution in [0.5, 0.6) is 5.88 Å². The molecule has 1 aromatic carbocycles. The predicted octanol–water partition coefficient (Wildman–Crippen LogP) is 3.23. The molecule has 7 heteroatoms. The number of aliphatic hydroxyl groups excluding tert-OH is 1. The molecular formula is C29H32N4O3. The number of hydrogen-bond acceptors (Lipinski definition) is 6. The van der Waals surface area contributed by atoms with E-state index in [4.69, 9.17) is 4.74 Å². The summed E-state index contributed by atoms with van der Waals surface area (Å²) in [4.78, 5) is 26.1. The molecule has 1 amide bonds. The molecule has 0 unspecified atom stereocenters. The van der Waals surface area contributed by atoms with E-state index in [0.717, 1.165) is 12.1 Å². The molecule has 0 spiro atoms. The van der Waals surface area contributed by atoms with E-state index in [1.807, 2.05) is 37.3 Å². The standard InChI is InChI=1S/C29H32N4O3/c1-21-17-33(22(2)20-34)29(35)26-14-25(12-11-23-10-7-13-30-15-23)16-31-28(26)36-27(21)19-32(3)18-24-8-5-4-6-9-24/h4-10,13-16,21-22,27,34H,17-20H2,1-3H3/t21-,22+,27-/m1/s1. The molecule has 0 saturated carbocycles. The van der Waals surface area contributed by atoms with Gasteiger partial charge in [0.2, 0.25) is 5.88 Å². The third-order valence-corrected chi connectivity index (χ3v) is 6.32. The van der Waals surface area contributed by atoms with E-state index in [1.165, 1.54) is 5.56 Å². The van der Waals surface area contributed by atoms with Crippen molar-refractivity contribution in [2.24, 2.45) is 5.92 Å². The van der Waals surface area contributed by atoms with Crippen molar-refractivity contribution in [1.82, 2.24) is 19.8 Å². The molecular weight excluding hydrogens is 452 g/mol. The average Bonchev–Trinajstić information content (AvgIpc) is 2.90. The minimum Gasteiger partial charge on any atom is -0.472 e. The van der Waals surface area contributed by atoms with E-state index < -0.39 is 0 Å². The van der Waals surface area contributed by atoms with Crippen LogP contribution < -0.4 is 4.74 Å². The number of ether oxygens (including phenoxy) is 1. The van der Waals surface area contributed by atoms with Crippen LogP contribution in [-0.2, 0) is 6.54 Å². The maximum atomic E-state index is 13.6. The van der Waals surface area contributed by atoms with Gasteiger partial charge in [-0.15, -0.1) is 0 Å². The number of rotatable bonds is 6. The maximum Gasteiger partial charge on any atom is 0.259 e. The lowest BCUT2D eigenvalue weighted by Crippen LogP contribution is -2.49. The molecule has 3 atom stereocenters. The zero-order valence-electron chi connectivity index (χ0n) is 21.0. The minimum absolute atomic E-state index is 0.0289. The minimum atomic E-state index is -0.335. The summed E-state index contributed by atoms with van der Waals surface area (Å²) in [6, 6.07) is 15.4. The summed E-state index contributed by atoms with van der Waals surface area (Å²) < 4.78 is 6.39. The molecule has 186 valence electrons. The summed E-state index contributed by atoms with van der Waals surface area (Å²) in [5, 5.41) is 9.86. The van der Waals surface area contributed by atoms with Crippen LogP contribution in [0.3, 0.4) is 0 Å². The van der Waals surface area contributed by atoms with Crippen molar-refractivity contribution in [2.45, 2.75) is 32.5 Å². The summed E-state index contributed by atoms with van der Waals surface area (Å²) in [5.41, 5.74) is 2.96. The number of benzene rings is 1. The number of aromatic nitrogens is 2. The van der Waals surface area contributed by atoms with Crippen LogP contribution in [-0.4, -0.2) is 69.7 Å². The Morgan fingerprint density at radius 3 is 2.67 bits per heavy atom. The van der Waals surface area contributed by atoms with Crippen molar-refractivity contribution in [3.05, 3.63) is 89.4 Å². The zero-order chi connectivity index (χ0) is 25.5. The van der Waals surface area contributed by atoms with Gasteiger partial charge in [0.25, 0.3) is 5.91 Å². The summed E-state index contributed by atoms with van der Waals surface area (Å²) in [5.74, 6) is 6.24. The number of pyridine rings is 2. The van der Waals surface area contributed by atoms with Gasteiger partial charge in [-0.2, -0.15) is 0 Å². The number of carbonyl (C=O) groups is 1. The fourth-order valence-corrected chi connectivity index (χ4v) is 4.24. The van der Waals surface area contributed by atoms with Crippen LogP contribution in [0.4, 0.5) is 0 Å². The smallest absolute Gasteiger partial charge is 0.259 e. The molecule has 0 radical (unpaired) electrons. The normalized spacial score (nSPS) is 18.4. The molecule has 4 rings (SSSR count). The Morgan fingerprint density at radius 1 is 1.17 bits per heavy atom. The number of hydrogen-bond donors (Lipinski definition) is 1. The number of fused-ring (bicyclic) bond motifs is 1. The lowest BCUT2D eigenvalue weighted by atomic mass is 9.99. The van der Waals surface area contributed by atoms with Crippen molar-refractivity contribution in [1.29, 1.82) is 0 Å². The van der Waals surface area contributed by atoms with Crippen molar-refractivity contribution in [2.75, 3.05) is 26.7 Å². The second-order valence-electron chi connectivity index (χ2n) is 9.37. The van der Waals surface area contributed by atoms with Crippen LogP contribution in [0, 0.1) is 17.8 Å². The van der Waals surface area contributed by atoms with Gasteiger partial charge in [-0.25, -0.2) is 4.98 Å². The molecule has 0 aliphatic carbocycles. The van der Waals surface area contributed by atoms with E-state index >= 15 is 0 Å². The van der Waals surface area contributed by atoms with Gasteiger partial charge in [-0.05, 0) is 37.7 Å². The van der Waals surface area contributed by atoms with Gasteiger partial charge in [0, 0.05) is 55.3 Å². The fraction of sp³-hybridized carbons (Fsp3) is 0.345. The van der Waals surface area contributed by atoms with Gasteiger partial charge in [0.15, 0.2) is 0 Å². The highest BCUT2D eigenvalue weighted by molar-refractivity contribution is 5.97. The Labute approximate surface area is 212 Å². The Kier molecular flexibility index (Phi) is 8.32. The molecule has 0 saturated heterocycles. The van der Waals surface area contributed by atoms with E-state index in [9.17, 15) is 9.90 Å². The van der Waals surface area contributed by atoms with Crippen LogP contribution in [0.1, 0.15) is 40.9 Å². The van der Waals surface area contributed by atoms with Gasteiger partial charge < -0.3 is 14.7 Å². The first-order valence-corrected chi connectivity index (χ1v) is 12.2. The van der Waals surface area contributed by atoms with Crippen LogP contribution >= 0.6 is 0 Å². The maximum absolute atomic E-state index is 13.6.